The normalized spacial score (nSPS) is 11.3. The summed E-state index contributed by atoms with van der Waals surface area (Å²) in [5, 5.41) is 9.41. The van der Waals surface area contributed by atoms with Gasteiger partial charge in [-0.1, -0.05) is 12.1 Å². The molecule has 0 unspecified atom stereocenters. The fourth-order valence-electron chi connectivity index (χ4n) is 2.76. The molecule has 0 spiro atoms. The van der Waals surface area contributed by atoms with Gasteiger partial charge in [0.2, 0.25) is 0 Å². The van der Waals surface area contributed by atoms with E-state index in [2.05, 4.69) is 17.6 Å². The smallest absolute Gasteiger partial charge is 0.267 e. The average Bonchev–Trinajstić information content (AvgIpc) is 2.72. The fraction of sp³-hybridized carbons (Fsp3) is 0.150. The summed E-state index contributed by atoms with van der Waals surface area (Å²) < 4.78 is 39.9. The van der Waals surface area contributed by atoms with Crippen molar-refractivity contribution in [1.82, 2.24) is 9.55 Å². The zero-order valence-electron chi connectivity index (χ0n) is 15.1. The highest BCUT2D eigenvalue weighted by atomic mass is 32.2. The van der Waals surface area contributed by atoms with E-state index in [1.807, 2.05) is 24.5 Å². The molecule has 0 atom stereocenters. The van der Waals surface area contributed by atoms with Crippen molar-refractivity contribution >= 4 is 24.4 Å². The van der Waals surface area contributed by atoms with E-state index in [0.29, 0.717) is 11.3 Å². The van der Waals surface area contributed by atoms with Gasteiger partial charge in [-0.3, -0.25) is 9.36 Å². The Morgan fingerprint density at radius 3 is 2.24 bits per heavy atom. The quantitative estimate of drug-likeness (QED) is 0.468. The summed E-state index contributed by atoms with van der Waals surface area (Å²) in [7, 11) is 0. The predicted octanol–water partition coefficient (Wildman–Crippen LogP) is 4.94. The molecule has 4 nitrogen and oxygen atoms in total. The Morgan fingerprint density at radius 1 is 1.14 bits per heavy atom. The van der Waals surface area contributed by atoms with Crippen molar-refractivity contribution in [2.45, 2.75) is 16.8 Å². The van der Waals surface area contributed by atoms with Crippen molar-refractivity contribution in [2.24, 2.45) is 0 Å². The van der Waals surface area contributed by atoms with Crippen LogP contribution in [0, 0.1) is 11.3 Å². The van der Waals surface area contributed by atoms with Crippen molar-refractivity contribution in [3.05, 3.63) is 75.7 Å². The summed E-state index contributed by atoms with van der Waals surface area (Å²) in [6.07, 6.45) is -2.56. The fourth-order valence-corrected chi connectivity index (χ4v) is 3.40. The lowest BCUT2D eigenvalue weighted by Gasteiger charge is -2.15. The third-order valence-electron chi connectivity index (χ3n) is 4.22. The van der Waals surface area contributed by atoms with Crippen LogP contribution >= 0.6 is 24.4 Å². The molecule has 9 heteroatoms. The average molecular weight is 433 g/mol. The Kier molecular flexibility index (Phi) is 6.05. The van der Waals surface area contributed by atoms with Crippen LogP contribution in [0.25, 0.3) is 17.1 Å². The molecule has 3 aromatic rings. The first kappa shape index (κ1) is 21.0. The monoisotopic (exact) mass is 433 g/mol. The molecule has 0 saturated heterocycles. The van der Waals surface area contributed by atoms with E-state index in [1.165, 1.54) is 28.5 Å². The molecule has 0 bridgehead atoms. The maximum absolute atomic E-state index is 13.0. The summed E-state index contributed by atoms with van der Waals surface area (Å²) >= 11 is 5.65. The van der Waals surface area contributed by atoms with Crippen LogP contribution in [-0.4, -0.2) is 15.8 Å². The van der Waals surface area contributed by atoms with Gasteiger partial charge in [0.15, 0.2) is 0 Å². The van der Waals surface area contributed by atoms with Crippen LogP contribution in [0.4, 0.5) is 13.2 Å². The number of thiol groups is 1. The third kappa shape index (κ3) is 4.18. The van der Waals surface area contributed by atoms with E-state index in [-0.39, 0.29) is 22.8 Å². The first-order chi connectivity index (χ1) is 13.8. The van der Waals surface area contributed by atoms with Gasteiger partial charge in [0.25, 0.3) is 5.56 Å². The zero-order chi connectivity index (χ0) is 21.2. The summed E-state index contributed by atoms with van der Waals surface area (Å²) in [4.78, 5) is 18.4. The molecule has 0 aliphatic heterocycles. The van der Waals surface area contributed by atoms with Crippen LogP contribution in [0.1, 0.15) is 16.8 Å². The van der Waals surface area contributed by atoms with Crippen LogP contribution in [0.15, 0.2) is 58.2 Å². The molecule has 0 amide bonds. The van der Waals surface area contributed by atoms with Gasteiger partial charge in [0.1, 0.15) is 17.5 Å². The topological polar surface area (TPSA) is 58.7 Å². The first-order valence-corrected chi connectivity index (χ1v) is 10.1. The minimum atomic E-state index is -4.47. The van der Waals surface area contributed by atoms with Gasteiger partial charge in [0, 0.05) is 16.2 Å². The van der Waals surface area contributed by atoms with Crippen molar-refractivity contribution in [1.29, 1.82) is 5.26 Å². The summed E-state index contributed by atoms with van der Waals surface area (Å²) in [6.45, 7) is 0. The number of rotatable bonds is 4. The number of aromatic nitrogens is 2. The van der Waals surface area contributed by atoms with Gasteiger partial charge in [-0.2, -0.15) is 31.1 Å². The Morgan fingerprint density at radius 2 is 1.76 bits per heavy atom. The molecule has 0 aliphatic carbocycles. The summed E-state index contributed by atoms with van der Waals surface area (Å²) in [5.41, 5.74) is -0.604. The van der Waals surface area contributed by atoms with Gasteiger partial charge in [0.05, 0.1) is 16.9 Å². The van der Waals surface area contributed by atoms with Crippen LogP contribution in [-0.2, 0) is 11.9 Å². The van der Waals surface area contributed by atoms with Crippen LogP contribution in [0.2, 0.25) is 0 Å². The second-order valence-electron chi connectivity index (χ2n) is 5.94. The van der Waals surface area contributed by atoms with Crippen LogP contribution in [0.3, 0.4) is 0 Å². The first-order valence-electron chi connectivity index (χ1n) is 8.29. The maximum atomic E-state index is 13.0. The second kappa shape index (κ2) is 8.35. The maximum Gasteiger partial charge on any atom is 0.416 e. The van der Waals surface area contributed by atoms with Gasteiger partial charge in [-0.05, 0) is 42.7 Å². The standard InChI is InChI=1S/C20H14F3N3OS2/c1-29-15-8-6-14(7-9-15)26-18(25-17(11-28)16(10-24)19(26)27)12-2-4-13(5-3-12)20(21,22)23/h2-9,28H,11H2,1H3. The molecule has 0 fully saturated rings. The van der Waals surface area contributed by atoms with E-state index in [9.17, 15) is 23.2 Å². The number of nitriles is 1. The molecule has 0 aliphatic rings. The number of alkyl halides is 3. The van der Waals surface area contributed by atoms with E-state index in [0.717, 1.165) is 17.0 Å². The number of nitrogens with zero attached hydrogens (tertiary/aromatic N) is 3. The van der Waals surface area contributed by atoms with Gasteiger partial charge in [-0.15, -0.1) is 11.8 Å². The lowest BCUT2D eigenvalue weighted by atomic mass is 10.1. The van der Waals surface area contributed by atoms with E-state index >= 15 is 0 Å². The lowest BCUT2D eigenvalue weighted by molar-refractivity contribution is -0.137. The Balaban J connectivity index is 2.28. The minimum Gasteiger partial charge on any atom is -0.267 e. The SMILES string of the molecule is CSc1ccc(-n2c(-c3ccc(C(F)(F)F)cc3)nc(CS)c(C#N)c2=O)cc1. The molecule has 148 valence electrons. The molecule has 0 radical (unpaired) electrons. The molecule has 1 heterocycles. The van der Waals surface area contributed by atoms with Gasteiger partial charge >= 0.3 is 6.18 Å². The Bertz CT molecular complexity index is 1130. The molecule has 3 rings (SSSR count). The summed E-state index contributed by atoms with van der Waals surface area (Å²) in [6, 6.07) is 13.2. The number of halogens is 3. The van der Waals surface area contributed by atoms with E-state index < -0.39 is 17.3 Å². The number of benzene rings is 2. The lowest BCUT2D eigenvalue weighted by Crippen LogP contribution is -2.26. The molecule has 2 aromatic carbocycles. The largest absolute Gasteiger partial charge is 0.416 e. The highest BCUT2D eigenvalue weighted by Gasteiger charge is 2.30. The van der Waals surface area contributed by atoms with E-state index in [4.69, 9.17) is 0 Å². The predicted molar refractivity (Wildman–Crippen MR) is 109 cm³/mol. The van der Waals surface area contributed by atoms with Crippen LogP contribution < -0.4 is 5.56 Å². The summed E-state index contributed by atoms with van der Waals surface area (Å²) in [5.74, 6) is 0.182. The van der Waals surface area contributed by atoms with Gasteiger partial charge in [-0.25, -0.2) is 4.98 Å². The van der Waals surface area contributed by atoms with Crippen molar-refractivity contribution in [3.8, 4) is 23.1 Å². The van der Waals surface area contributed by atoms with Gasteiger partial charge < -0.3 is 0 Å². The highest BCUT2D eigenvalue weighted by molar-refractivity contribution is 7.98. The minimum absolute atomic E-state index is 0.0397. The Labute approximate surface area is 174 Å². The molecule has 0 N–H and O–H groups in total. The second-order valence-corrected chi connectivity index (χ2v) is 7.14. The van der Waals surface area contributed by atoms with Crippen molar-refractivity contribution in [3.63, 3.8) is 0 Å². The van der Waals surface area contributed by atoms with Crippen molar-refractivity contribution < 1.29 is 13.2 Å². The van der Waals surface area contributed by atoms with E-state index in [1.54, 1.807) is 12.1 Å². The molecule has 1 aromatic heterocycles. The Hall–Kier alpha value is -2.70. The number of hydrogen-bond donors (Lipinski definition) is 1. The molecular formula is C20H14F3N3OS2. The number of hydrogen-bond acceptors (Lipinski definition) is 5. The van der Waals surface area contributed by atoms with Crippen LogP contribution in [0.5, 0.6) is 0 Å². The molecular weight excluding hydrogens is 419 g/mol. The molecule has 0 saturated carbocycles. The number of thioether (sulfide) groups is 1. The zero-order valence-corrected chi connectivity index (χ0v) is 16.8. The molecule has 29 heavy (non-hydrogen) atoms. The van der Waals surface area contributed by atoms with Crippen molar-refractivity contribution in [2.75, 3.05) is 6.26 Å². The highest BCUT2D eigenvalue weighted by Crippen LogP contribution is 2.31. The third-order valence-corrected chi connectivity index (χ3v) is 5.26.